The van der Waals surface area contributed by atoms with Gasteiger partial charge >= 0.3 is 0 Å². The molecule has 0 bridgehead atoms. The molecule has 13 rings (SSSR count). The van der Waals surface area contributed by atoms with Crippen LogP contribution in [0.15, 0.2) is 267 Å². The average Bonchev–Trinajstić information content (AvgIpc) is 2.80. The minimum Gasteiger partial charge on any atom is -0.310 e. The lowest BCUT2D eigenvalue weighted by molar-refractivity contribution is 0.791. The van der Waals surface area contributed by atoms with E-state index >= 15 is 0 Å². The third-order valence-corrected chi connectivity index (χ3v) is 17.0. The predicted octanol–water partition coefficient (Wildman–Crippen LogP) is 23.2. The largest absolute Gasteiger partial charge is 0.310 e. The van der Waals surface area contributed by atoms with Gasteiger partial charge in [0.1, 0.15) is 0 Å². The molecule has 82 heavy (non-hydrogen) atoms. The van der Waals surface area contributed by atoms with Crippen LogP contribution in [0, 0.1) is 13.8 Å². The first kappa shape index (κ1) is 51.9. The summed E-state index contributed by atoms with van der Waals surface area (Å²) in [4.78, 5) is 4.91. The third kappa shape index (κ3) is 9.58. The first-order chi connectivity index (χ1) is 40.5. The molecule has 0 amide bonds. The van der Waals surface area contributed by atoms with Crippen molar-refractivity contribution >= 4 is 77.2 Å². The quantitative estimate of drug-likeness (QED) is 0.0890. The Bertz CT molecular complexity index is 4330. The molecule has 0 saturated heterocycles. The Balaban J connectivity index is 0.923. The van der Waals surface area contributed by atoms with Gasteiger partial charge in [-0.1, -0.05) is 233 Å². The number of benzene rings is 13. The summed E-state index contributed by atoms with van der Waals surface area (Å²) in [6.07, 6.45) is 6.76. The molecule has 2 nitrogen and oxygen atoms in total. The number of anilines is 6. The number of hydrogen-bond acceptors (Lipinski definition) is 2. The lowest BCUT2D eigenvalue weighted by Crippen LogP contribution is -2.13. The summed E-state index contributed by atoms with van der Waals surface area (Å²) in [6, 6.07) is 99.3. The van der Waals surface area contributed by atoms with E-state index in [0.29, 0.717) is 0 Å². The van der Waals surface area contributed by atoms with Crippen LogP contribution in [0.5, 0.6) is 0 Å². The number of rotatable bonds is 16. The van der Waals surface area contributed by atoms with Gasteiger partial charge in [0.15, 0.2) is 0 Å². The van der Waals surface area contributed by atoms with Crippen molar-refractivity contribution in [1.82, 2.24) is 0 Å². The van der Waals surface area contributed by atoms with E-state index in [2.05, 4.69) is 304 Å². The molecule has 0 atom stereocenters. The summed E-state index contributed by atoms with van der Waals surface area (Å²) >= 11 is 0. The minimum atomic E-state index is 1.04. The van der Waals surface area contributed by atoms with Crippen molar-refractivity contribution in [3.63, 3.8) is 0 Å². The summed E-state index contributed by atoms with van der Waals surface area (Å²) in [5.41, 5.74) is 22.3. The van der Waals surface area contributed by atoms with Crippen molar-refractivity contribution in [2.45, 2.75) is 66.2 Å². The lowest BCUT2D eigenvalue weighted by Gasteiger charge is -2.29. The molecule has 0 aliphatic rings. The molecule has 13 aromatic carbocycles. The van der Waals surface area contributed by atoms with Gasteiger partial charge in [-0.15, -0.1) is 0 Å². The Hall–Kier alpha value is -9.50. The molecule has 13 aromatic rings. The van der Waals surface area contributed by atoms with Crippen molar-refractivity contribution in [3.05, 3.63) is 289 Å². The Kier molecular flexibility index (Phi) is 14.5. The van der Waals surface area contributed by atoms with E-state index in [4.69, 9.17) is 0 Å². The molecule has 0 fully saturated rings. The van der Waals surface area contributed by atoms with Crippen LogP contribution in [-0.4, -0.2) is 0 Å². The van der Waals surface area contributed by atoms with E-state index in [1.54, 1.807) is 0 Å². The highest BCUT2D eigenvalue weighted by Crippen LogP contribution is 2.49. The van der Waals surface area contributed by atoms with Crippen molar-refractivity contribution in [2.75, 3.05) is 9.80 Å². The second-order valence-corrected chi connectivity index (χ2v) is 22.0. The Morgan fingerprint density at radius 1 is 0.280 bits per heavy atom. The Morgan fingerprint density at radius 3 is 1.05 bits per heavy atom. The van der Waals surface area contributed by atoms with Crippen molar-refractivity contribution in [2.24, 2.45) is 0 Å². The van der Waals surface area contributed by atoms with Gasteiger partial charge in [-0.3, -0.25) is 0 Å². The minimum absolute atomic E-state index is 1.04. The Morgan fingerprint density at radius 2 is 0.622 bits per heavy atom. The molecule has 0 heterocycles. The van der Waals surface area contributed by atoms with Crippen LogP contribution in [0.1, 0.15) is 61.8 Å². The van der Waals surface area contributed by atoms with Gasteiger partial charge in [-0.05, 0) is 210 Å². The van der Waals surface area contributed by atoms with Crippen LogP contribution in [0.4, 0.5) is 34.1 Å². The topological polar surface area (TPSA) is 6.48 Å². The normalized spacial score (nSPS) is 11.5. The zero-order valence-corrected chi connectivity index (χ0v) is 47.5. The highest BCUT2D eigenvalue weighted by Gasteiger charge is 2.23. The van der Waals surface area contributed by atoms with Gasteiger partial charge in [-0.2, -0.15) is 0 Å². The van der Waals surface area contributed by atoms with E-state index in [9.17, 15) is 0 Å². The van der Waals surface area contributed by atoms with Crippen molar-refractivity contribution in [3.8, 4) is 44.5 Å². The fraction of sp³-hybridized carbons (Fsp3) is 0.125. The van der Waals surface area contributed by atoms with Crippen LogP contribution in [0.3, 0.4) is 0 Å². The first-order valence-electron chi connectivity index (χ1n) is 29.5. The maximum atomic E-state index is 2.47. The standard InChI is InChI=1S/C80H68N2/c1-5-7-28-57-29-26-47-75(56(57)4)81(62-32-11-9-12-33-62)64-36-24-30-60(53-64)79-71-43-19-15-39-67(71)77(68-40-16-20-44-72(68)79)58-49-51-59(52-50-58)78-69-41-17-21-45-73(69)80(74-46-22-18-42-70(74)78)61-31-25-37-65(54-61)82(63-34-13-10-14-35-63)76-48-23-27-55(3)66(76)38-8-6-2/h9-27,29-37,39-54H,5-8,28,38H2,1-4H3. The zero-order valence-electron chi connectivity index (χ0n) is 47.5. The zero-order chi connectivity index (χ0) is 55.5. The Labute approximate surface area is 484 Å². The summed E-state index contributed by atoms with van der Waals surface area (Å²) in [6.45, 7) is 9.11. The van der Waals surface area contributed by atoms with Gasteiger partial charge in [0, 0.05) is 34.1 Å². The summed E-state index contributed by atoms with van der Waals surface area (Å²) in [5.74, 6) is 0. The smallest absolute Gasteiger partial charge is 0.0496 e. The maximum Gasteiger partial charge on any atom is 0.0496 e. The van der Waals surface area contributed by atoms with Crippen LogP contribution in [0.25, 0.3) is 87.6 Å². The monoisotopic (exact) mass is 1060 g/mol. The number of para-hydroxylation sites is 2. The highest BCUT2D eigenvalue weighted by molar-refractivity contribution is 6.23. The summed E-state index contributed by atoms with van der Waals surface area (Å²) in [7, 11) is 0. The lowest BCUT2D eigenvalue weighted by atomic mass is 9.84. The number of aryl methyl sites for hydroxylation is 2. The molecule has 0 unspecified atom stereocenters. The maximum absolute atomic E-state index is 2.47. The number of unbranched alkanes of at least 4 members (excludes halogenated alkanes) is 2. The summed E-state index contributed by atoms with van der Waals surface area (Å²) < 4.78 is 0. The molecule has 0 aromatic heterocycles. The molecular weight excluding hydrogens is 989 g/mol. The predicted molar refractivity (Wildman–Crippen MR) is 354 cm³/mol. The summed E-state index contributed by atoms with van der Waals surface area (Å²) in [5, 5.41) is 9.90. The molecule has 0 aliphatic carbocycles. The van der Waals surface area contributed by atoms with E-state index in [1.165, 1.54) is 134 Å². The van der Waals surface area contributed by atoms with Crippen LogP contribution in [-0.2, 0) is 12.8 Å². The third-order valence-electron chi connectivity index (χ3n) is 17.0. The van der Waals surface area contributed by atoms with E-state index in [0.717, 1.165) is 48.4 Å². The van der Waals surface area contributed by atoms with Gasteiger partial charge in [0.05, 0.1) is 0 Å². The second kappa shape index (κ2) is 22.9. The molecule has 398 valence electrons. The fourth-order valence-electron chi connectivity index (χ4n) is 13.0. The van der Waals surface area contributed by atoms with Crippen LogP contribution >= 0.6 is 0 Å². The van der Waals surface area contributed by atoms with Gasteiger partial charge in [0.2, 0.25) is 0 Å². The average molecular weight is 1060 g/mol. The number of hydrogen-bond donors (Lipinski definition) is 0. The second-order valence-electron chi connectivity index (χ2n) is 22.0. The molecule has 0 aliphatic heterocycles. The first-order valence-corrected chi connectivity index (χ1v) is 29.5. The van der Waals surface area contributed by atoms with Crippen molar-refractivity contribution in [1.29, 1.82) is 0 Å². The van der Waals surface area contributed by atoms with E-state index < -0.39 is 0 Å². The fourth-order valence-corrected chi connectivity index (χ4v) is 13.0. The van der Waals surface area contributed by atoms with Crippen LogP contribution < -0.4 is 9.80 Å². The molecule has 0 N–H and O–H groups in total. The number of fused-ring (bicyclic) bond motifs is 4. The van der Waals surface area contributed by atoms with Gasteiger partial charge in [-0.25, -0.2) is 0 Å². The molecular formula is C80H68N2. The SMILES string of the molecule is CCCCc1cccc(N(c2ccccc2)c2cccc(-c3c4ccccc4c(-c4ccc(-c5c6ccccc6c(-c6cccc(N(c7ccccc7)c7cccc(C)c7CCCC)c6)c6ccccc56)cc4)c4ccccc34)c2)c1C. The van der Waals surface area contributed by atoms with Gasteiger partial charge < -0.3 is 9.80 Å². The molecule has 2 heteroatoms. The highest BCUT2D eigenvalue weighted by atomic mass is 15.1. The van der Waals surface area contributed by atoms with Crippen molar-refractivity contribution < 1.29 is 0 Å². The molecule has 0 saturated carbocycles. The van der Waals surface area contributed by atoms with E-state index in [1.807, 2.05) is 0 Å². The number of nitrogens with zero attached hydrogens (tertiary/aromatic N) is 2. The molecule has 0 radical (unpaired) electrons. The van der Waals surface area contributed by atoms with Crippen LogP contribution in [0.2, 0.25) is 0 Å². The molecule has 0 spiro atoms. The van der Waals surface area contributed by atoms with E-state index in [-0.39, 0.29) is 0 Å². The van der Waals surface area contributed by atoms with Gasteiger partial charge in [0.25, 0.3) is 0 Å².